The number of benzene rings is 4. The summed E-state index contributed by atoms with van der Waals surface area (Å²) in [4.78, 5) is 14.0. The smallest absolute Gasteiger partial charge is 0.261 e. The fraction of sp³-hybridized carbons (Fsp3) is 0.129. The lowest BCUT2D eigenvalue weighted by Crippen LogP contribution is -2.25. The highest BCUT2D eigenvalue weighted by Gasteiger charge is 2.42. The van der Waals surface area contributed by atoms with Crippen LogP contribution in [0.5, 0.6) is 0 Å². The molecule has 0 amide bonds. The SMILES string of the molecule is Cc1ccc(S(=O)(=O)N/C(=C2\C(=O)C[C@@H](c3ccc(Br)cc3)[C@@H]2c2ccc(Br)cc2)c2ccc(Br)cc2)cc1. The Hall–Kier alpha value is -2.52. The molecule has 39 heavy (non-hydrogen) atoms. The first-order valence-electron chi connectivity index (χ1n) is 12.3. The van der Waals surface area contributed by atoms with Gasteiger partial charge in [0.1, 0.15) is 0 Å². The van der Waals surface area contributed by atoms with Gasteiger partial charge in [-0.05, 0) is 72.1 Å². The third-order valence-corrected chi connectivity index (χ3v) is 9.87. The van der Waals surface area contributed by atoms with Gasteiger partial charge < -0.3 is 0 Å². The van der Waals surface area contributed by atoms with Gasteiger partial charge in [-0.15, -0.1) is 0 Å². The number of halogens is 3. The Bertz CT molecular complexity index is 1650. The quantitative estimate of drug-likeness (QED) is 0.203. The second-order valence-corrected chi connectivity index (χ2v) is 14.0. The number of nitrogens with one attached hydrogen (secondary N) is 1. The summed E-state index contributed by atoms with van der Waals surface area (Å²) in [5.41, 5.74) is 4.31. The number of hydrogen-bond acceptors (Lipinski definition) is 3. The molecule has 4 aromatic carbocycles. The summed E-state index contributed by atoms with van der Waals surface area (Å²) in [6, 6.07) is 29.9. The van der Waals surface area contributed by atoms with E-state index in [1.807, 2.05) is 79.7 Å². The minimum absolute atomic E-state index is 0.0830. The summed E-state index contributed by atoms with van der Waals surface area (Å²) in [5, 5.41) is 0. The predicted molar refractivity (Wildman–Crippen MR) is 166 cm³/mol. The number of sulfonamides is 1. The first kappa shape index (κ1) is 28.0. The molecule has 1 aliphatic carbocycles. The molecule has 1 fully saturated rings. The molecule has 1 N–H and O–H groups in total. The van der Waals surface area contributed by atoms with Crippen LogP contribution in [0, 0.1) is 6.92 Å². The average Bonchev–Trinajstić information content (AvgIpc) is 3.25. The van der Waals surface area contributed by atoms with E-state index in [2.05, 4.69) is 52.5 Å². The van der Waals surface area contributed by atoms with E-state index in [4.69, 9.17) is 0 Å². The number of carbonyl (C=O) groups excluding carboxylic acids is 1. The van der Waals surface area contributed by atoms with Crippen molar-refractivity contribution >= 4 is 69.3 Å². The lowest BCUT2D eigenvalue weighted by Gasteiger charge is -2.24. The zero-order chi connectivity index (χ0) is 27.7. The summed E-state index contributed by atoms with van der Waals surface area (Å²) in [5.74, 6) is -0.595. The molecule has 0 bridgehead atoms. The molecule has 8 heteroatoms. The Morgan fingerprint density at radius 2 is 1.21 bits per heavy atom. The van der Waals surface area contributed by atoms with Crippen LogP contribution >= 0.6 is 47.8 Å². The first-order valence-corrected chi connectivity index (χ1v) is 16.1. The molecule has 198 valence electrons. The number of hydrogen-bond donors (Lipinski definition) is 1. The largest absolute Gasteiger partial charge is 0.294 e. The summed E-state index contributed by atoms with van der Waals surface area (Å²) in [6.45, 7) is 1.90. The van der Waals surface area contributed by atoms with Crippen LogP contribution in [0.25, 0.3) is 5.70 Å². The second kappa shape index (κ2) is 11.5. The highest BCUT2D eigenvalue weighted by Crippen LogP contribution is 2.50. The van der Waals surface area contributed by atoms with Gasteiger partial charge in [-0.3, -0.25) is 9.52 Å². The van der Waals surface area contributed by atoms with Crippen molar-refractivity contribution in [2.75, 3.05) is 0 Å². The molecule has 4 aromatic rings. The number of Topliss-reactive ketones (excluding diaryl/α,β-unsaturated/α-hetero) is 1. The number of carbonyl (C=O) groups is 1. The van der Waals surface area contributed by atoms with E-state index in [-0.39, 0.29) is 28.9 Å². The molecule has 0 radical (unpaired) electrons. The van der Waals surface area contributed by atoms with E-state index in [1.165, 1.54) is 0 Å². The molecule has 0 aromatic heterocycles. The topological polar surface area (TPSA) is 63.2 Å². The fourth-order valence-electron chi connectivity index (χ4n) is 4.98. The lowest BCUT2D eigenvalue weighted by atomic mass is 9.81. The van der Waals surface area contributed by atoms with Gasteiger partial charge in [0.2, 0.25) is 0 Å². The van der Waals surface area contributed by atoms with E-state index in [9.17, 15) is 13.2 Å². The van der Waals surface area contributed by atoms with Crippen molar-refractivity contribution in [3.05, 3.63) is 138 Å². The third-order valence-electron chi connectivity index (χ3n) is 6.92. The average molecular weight is 730 g/mol. The van der Waals surface area contributed by atoms with Crippen molar-refractivity contribution in [2.45, 2.75) is 30.1 Å². The number of ketones is 1. The number of rotatable bonds is 6. The minimum atomic E-state index is -3.98. The van der Waals surface area contributed by atoms with E-state index < -0.39 is 10.0 Å². The van der Waals surface area contributed by atoms with Gasteiger partial charge in [-0.25, -0.2) is 8.42 Å². The summed E-state index contributed by atoms with van der Waals surface area (Å²) in [6.07, 6.45) is 0.268. The van der Waals surface area contributed by atoms with Crippen LogP contribution in [0.15, 0.2) is 121 Å². The van der Waals surface area contributed by atoms with Crippen LogP contribution in [0.2, 0.25) is 0 Å². The molecule has 1 aliphatic rings. The molecule has 0 heterocycles. The predicted octanol–water partition coefficient (Wildman–Crippen LogP) is 8.51. The van der Waals surface area contributed by atoms with Crippen LogP contribution in [0.3, 0.4) is 0 Å². The van der Waals surface area contributed by atoms with Crippen LogP contribution in [0.1, 0.15) is 40.5 Å². The Morgan fingerprint density at radius 3 is 1.74 bits per heavy atom. The van der Waals surface area contributed by atoms with Gasteiger partial charge >= 0.3 is 0 Å². The highest BCUT2D eigenvalue weighted by atomic mass is 79.9. The van der Waals surface area contributed by atoms with Crippen LogP contribution in [-0.2, 0) is 14.8 Å². The van der Waals surface area contributed by atoms with Gasteiger partial charge in [0.15, 0.2) is 5.78 Å². The summed E-state index contributed by atoms with van der Waals surface area (Å²) in [7, 11) is -3.98. The molecule has 0 aliphatic heterocycles. The van der Waals surface area contributed by atoms with Gasteiger partial charge in [-0.1, -0.05) is 102 Å². The van der Waals surface area contributed by atoms with E-state index >= 15 is 0 Å². The van der Waals surface area contributed by atoms with Crippen molar-refractivity contribution in [3.63, 3.8) is 0 Å². The Balaban J connectivity index is 1.73. The van der Waals surface area contributed by atoms with E-state index in [1.54, 1.807) is 24.3 Å². The van der Waals surface area contributed by atoms with Crippen LogP contribution < -0.4 is 4.72 Å². The Kier molecular flexibility index (Phi) is 8.29. The molecular formula is C31H24Br3NO3S. The van der Waals surface area contributed by atoms with Crippen molar-refractivity contribution < 1.29 is 13.2 Å². The third kappa shape index (κ3) is 6.14. The van der Waals surface area contributed by atoms with Crippen molar-refractivity contribution in [1.29, 1.82) is 0 Å². The zero-order valence-electron chi connectivity index (χ0n) is 20.9. The van der Waals surface area contributed by atoms with E-state index in [0.717, 1.165) is 30.1 Å². The van der Waals surface area contributed by atoms with Gasteiger partial charge in [-0.2, -0.15) is 0 Å². The highest BCUT2D eigenvalue weighted by molar-refractivity contribution is 9.11. The summed E-state index contributed by atoms with van der Waals surface area (Å²) < 4.78 is 32.9. The van der Waals surface area contributed by atoms with Gasteiger partial charge in [0.25, 0.3) is 10.0 Å². The van der Waals surface area contributed by atoms with Crippen molar-refractivity contribution in [1.82, 2.24) is 4.72 Å². The normalized spacial score (nSPS) is 18.7. The fourth-order valence-corrected chi connectivity index (χ4v) is 6.88. The molecule has 1 saturated carbocycles. The van der Waals surface area contributed by atoms with E-state index in [0.29, 0.717) is 16.8 Å². The maximum Gasteiger partial charge on any atom is 0.261 e. The Morgan fingerprint density at radius 1 is 0.718 bits per heavy atom. The molecular weight excluding hydrogens is 706 g/mol. The van der Waals surface area contributed by atoms with Gasteiger partial charge in [0, 0.05) is 37.2 Å². The molecule has 0 saturated heterocycles. The van der Waals surface area contributed by atoms with Crippen molar-refractivity contribution in [2.24, 2.45) is 0 Å². The molecule has 0 unspecified atom stereocenters. The second-order valence-electron chi connectivity index (χ2n) is 9.53. The zero-order valence-corrected chi connectivity index (χ0v) is 26.4. The Labute approximate surface area is 254 Å². The monoisotopic (exact) mass is 727 g/mol. The van der Waals surface area contributed by atoms with Crippen LogP contribution in [-0.4, -0.2) is 14.2 Å². The molecule has 0 spiro atoms. The molecule has 2 atom stereocenters. The maximum absolute atomic E-state index is 13.9. The maximum atomic E-state index is 13.9. The lowest BCUT2D eigenvalue weighted by molar-refractivity contribution is -0.114. The summed E-state index contributed by atoms with van der Waals surface area (Å²) >= 11 is 10.5. The molecule has 5 rings (SSSR count). The minimum Gasteiger partial charge on any atom is -0.294 e. The van der Waals surface area contributed by atoms with Gasteiger partial charge in [0.05, 0.1) is 10.6 Å². The molecule has 4 nitrogen and oxygen atoms in total. The standard InChI is InChI=1S/C31H24Br3NO3S/c1-19-2-16-26(17-3-19)39(37,38)35-31(22-8-14-25(34)15-9-22)30-28(36)18-27(20-4-10-23(32)11-5-20)29(30)21-6-12-24(33)13-7-21/h2-17,27,29,35H,18H2,1H3/b31-30+/t27-,29-/m0/s1. The van der Waals surface area contributed by atoms with Crippen LogP contribution in [0.4, 0.5) is 0 Å². The first-order chi connectivity index (χ1) is 18.6. The number of aryl methyl sites for hydroxylation is 1. The van der Waals surface area contributed by atoms with Crippen molar-refractivity contribution in [3.8, 4) is 0 Å². The number of allylic oxidation sites excluding steroid dienone is 1.